The van der Waals surface area contributed by atoms with E-state index in [1.54, 1.807) is 0 Å². The summed E-state index contributed by atoms with van der Waals surface area (Å²) in [7, 11) is 2.74. The van der Waals surface area contributed by atoms with E-state index in [0.29, 0.717) is 10.9 Å². The molecule has 1 fully saturated rings. The minimum Gasteiger partial charge on any atom is -0.496 e. The number of carbonyl (C=O) groups excluding carboxylic acids is 1. The van der Waals surface area contributed by atoms with Crippen LogP contribution < -0.4 is 15.6 Å². The minimum atomic E-state index is -4.60. The zero-order chi connectivity index (χ0) is 24.5. The zero-order valence-corrected chi connectivity index (χ0v) is 19.0. The molecule has 1 amide bonds. The average Bonchev–Trinajstić information content (AvgIpc) is 3.20. The van der Waals surface area contributed by atoms with Gasteiger partial charge in [0.1, 0.15) is 5.75 Å². The molecule has 34 heavy (non-hydrogen) atoms. The van der Waals surface area contributed by atoms with Gasteiger partial charge in [-0.25, -0.2) is 0 Å². The summed E-state index contributed by atoms with van der Waals surface area (Å²) in [5.74, 6) is 5.79. The lowest BCUT2D eigenvalue weighted by Gasteiger charge is -2.18. The van der Waals surface area contributed by atoms with E-state index < -0.39 is 23.2 Å². The lowest BCUT2D eigenvalue weighted by Crippen LogP contribution is -2.22. The number of pyridine rings is 1. The van der Waals surface area contributed by atoms with E-state index >= 15 is 0 Å². The normalized spacial score (nSPS) is 13.6. The van der Waals surface area contributed by atoms with Gasteiger partial charge in [-0.1, -0.05) is 23.7 Å². The SMILES string of the molecule is COc1ccc(C(F)(F)F)cc1-c1cn(C)c(=O)cc1C(=O)Nc1nnc(C#CC2CCC2)s1. The largest absolute Gasteiger partial charge is 0.496 e. The molecule has 3 aromatic rings. The summed E-state index contributed by atoms with van der Waals surface area (Å²) in [6, 6.07) is 4.00. The number of nitrogens with zero attached hydrogens (tertiary/aromatic N) is 3. The Balaban J connectivity index is 1.70. The van der Waals surface area contributed by atoms with Crippen molar-refractivity contribution in [3.8, 4) is 28.7 Å². The summed E-state index contributed by atoms with van der Waals surface area (Å²) in [4.78, 5) is 25.3. The zero-order valence-electron chi connectivity index (χ0n) is 18.2. The van der Waals surface area contributed by atoms with Gasteiger partial charge in [-0.2, -0.15) is 13.2 Å². The summed E-state index contributed by atoms with van der Waals surface area (Å²) >= 11 is 1.07. The Bertz CT molecular complexity index is 1360. The van der Waals surface area contributed by atoms with Gasteiger partial charge in [-0.3, -0.25) is 14.9 Å². The van der Waals surface area contributed by atoms with Crippen molar-refractivity contribution in [1.82, 2.24) is 14.8 Å². The van der Waals surface area contributed by atoms with E-state index in [9.17, 15) is 22.8 Å². The maximum Gasteiger partial charge on any atom is 0.416 e. The van der Waals surface area contributed by atoms with Gasteiger partial charge in [0.05, 0.1) is 18.2 Å². The van der Waals surface area contributed by atoms with E-state index in [0.717, 1.165) is 48.8 Å². The summed E-state index contributed by atoms with van der Waals surface area (Å²) < 4.78 is 46.5. The first-order valence-corrected chi connectivity index (χ1v) is 11.1. The molecule has 2 heterocycles. The number of aryl methyl sites for hydroxylation is 1. The van der Waals surface area contributed by atoms with Crippen LogP contribution in [0.2, 0.25) is 0 Å². The number of methoxy groups -OCH3 is 1. The molecule has 1 aliphatic carbocycles. The first-order valence-electron chi connectivity index (χ1n) is 10.3. The number of rotatable bonds is 4. The second kappa shape index (κ2) is 9.30. The number of nitrogens with one attached hydrogen (secondary N) is 1. The molecule has 1 N–H and O–H groups in total. The number of ether oxygens (including phenoxy) is 1. The second-order valence-electron chi connectivity index (χ2n) is 7.73. The van der Waals surface area contributed by atoms with Crippen molar-refractivity contribution in [2.45, 2.75) is 25.4 Å². The molecule has 0 spiro atoms. The van der Waals surface area contributed by atoms with Crippen molar-refractivity contribution >= 4 is 22.4 Å². The molecule has 0 atom stereocenters. The molecule has 4 rings (SSSR count). The van der Waals surface area contributed by atoms with Gasteiger partial charge in [0.15, 0.2) is 5.01 Å². The lowest BCUT2D eigenvalue weighted by atomic mass is 9.86. The fourth-order valence-electron chi connectivity index (χ4n) is 3.33. The summed E-state index contributed by atoms with van der Waals surface area (Å²) in [6.07, 6.45) is -0.0367. The van der Waals surface area contributed by atoms with E-state index in [1.165, 1.54) is 31.0 Å². The van der Waals surface area contributed by atoms with E-state index in [-0.39, 0.29) is 27.6 Å². The molecule has 11 heteroatoms. The molecule has 0 unspecified atom stereocenters. The van der Waals surface area contributed by atoms with Crippen LogP contribution >= 0.6 is 11.3 Å². The number of carbonyl (C=O) groups is 1. The standard InChI is InChI=1S/C23H19F3N4O3S/c1-30-12-17(15-10-14(23(24,25)26)7-8-18(15)33-2)16(11-20(30)31)21(32)27-22-29-28-19(34-22)9-6-13-4-3-5-13/h7-8,10-13H,3-5H2,1-2H3,(H,27,29,32). The highest BCUT2D eigenvalue weighted by molar-refractivity contribution is 7.15. The summed E-state index contributed by atoms with van der Waals surface area (Å²) in [5.41, 5.74) is -1.44. The maximum absolute atomic E-state index is 13.4. The molecule has 176 valence electrons. The summed E-state index contributed by atoms with van der Waals surface area (Å²) in [5, 5.41) is 11.0. The third-order valence-electron chi connectivity index (χ3n) is 5.42. The van der Waals surface area contributed by atoms with Crippen molar-refractivity contribution in [2.24, 2.45) is 13.0 Å². The molecule has 0 saturated heterocycles. The predicted octanol–water partition coefficient (Wildman–Crippen LogP) is 4.34. The second-order valence-corrected chi connectivity index (χ2v) is 8.70. The Kier molecular flexibility index (Phi) is 6.43. The molecule has 0 radical (unpaired) electrons. The molecule has 1 saturated carbocycles. The molecular weight excluding hydrogens is 469 g/mol. The first-order chi connectivity index (χ1) is 16.2. The Morgan fingerprint density at radius 3 is 2.65 bits per heavy atom. The van der Waals surface area contributed by atoms with Crippen LogP contribution in [0.1, 0.15) is 40.2 Å². The molecule has 0 aliphatic heterocycles. The highest BCUT2D eigenvalue weighted by atomic mass is 32.1. The van der Waals surface area contributed by atoms with Gasteiger partial charge >= 0.3 is 6.18 Å². The minimum absolute atomic E-state index is 0.0161. The van der Waals surface area contributed by atoms with Gasteiger partial charge < -0.3 is 9.30 Å². The number of benzene rings is 1. The fourth-order valence-corrected chi connectivity index (χ4v) is 3.93. The molecule has 7 nitrogen and oxygen atoms in total. The highest BCUT2D eigenvalue weighted by Crippen LogP contribution is 2.38. The Morgan fingerprint density at radius 2 is 2.00 bits per heavy atom. The Morgan fingerprint density at radius 1 is 1.24 bits per heavy atom. The van der Waals surface area contributed by atoms with Crippen LogP contribution in [-0.4, -0.2) is 27.8 Å². The van der Waals surface area contributed by atoms with E-state index in [1.807, 2.05) is 0 Å². The topological polar surface area (TPSA) is 86.1 Å². The summed E-state index contributed by atoms with van der Waals surface area (Å²) in [6.45, 7) is 0. The van der Waals surface area contributed by atoms with Gasteiger partial charge in [0, 0.05) is 36.4 Å². The van der Waals surface area contributed by atoms with Crippen LogP contribution in [0, 0.1) is 17.8 Å². The number of anilines is 1. The highest BCUT2D eigenvalue weighted by Gasteiger charge is 2.32. The van der Waals surface area contributed by atoms with Crippen LogP contribution in [0.3, 0.4) is 0 Å². The lowest BCUT2D eigenvalue weighted by molar-refractivity contribution is -0.137. The van der Waals surface area contributed by atoms with Crippen molar-refractivity contribution in [3.05, 3.63) is 57.0 Å². The van der Waals surface area contributed by atoms with Crippen LogP contribution in [0.5, 0.6) is 5.75 Å². The van der Waals surface area contributed by atoms with Gasteiger partial charge in [0.2, 0.25) is 5.13 Å². The number of hydrogen-bond acceptors (Lipinski definition) is 6. The third kappa shape index (κ3) is 4.97. The number of amides is 1. The quantitative estimate of drug-likeness (QED) is 0.553. The smallest absolute Gasteiger partial charge is 0.416 e. The fraction of sp³-hybridized carbons (Fsp3) is 0.304. The van der Waals surface area contributed by atoms with E-state index in [4.69, 9.17) is 4.74 Å². The molecular formula is C23H19F3N4O3S. The maximum atomic E-state index is 13.4. The van der Waals surface area contributed by atoms with Gasteiger partial charge in [0.25, 0.3) is 11.5 Å². The molecule has 2 aromatic heterocycles. The molecule has 0 bridgehead atoms. The van der Waals surface area contributed by atoms with Crippen molar-refractivity contribution in [3.63, 3.8) is 0 Å². The number of halogens is 3. The monoisotopic (exact) mass is 488 g/mol. The number of hydrogen-bond donors (Lipinski definition) is 1. The third-order valence-corrected chi connectivity index (χ3v) is 6.18. The Hall–Kier alpha value is -3.65. The molecule has 1 aliphatic rings. The molecule has 1 aromatic carbocycles. The number of alkyl halides is 3. The number of aromatic nitrogens is 3. The van der Waals surface area contributed by atoms with Crippen LogP contribution in [-0.2, 0) is 13.2 Å². The van der Waals surface area contributed by atoms with Crippen LogP contribution in [0.4, 0.5) is 18.3 Å². The van der Waals surface area contributed by atoms with Crippen molar-refractivity contribution in [1.29, 1.82) is 0 Å². The van der Waals surface area contributed by atoms with Crippen LogP contribution in [0.25, 0.3) is 11.1 Å². The first kappa shape index (κ1) is 23.5. The van der Waals surface area contributed by atoms with E-state index in [2.05, 4.69) is 27.4 Å². The van der Waals surface area contributed by atoms with Gasteiger partial charge in [-0.15, -0.1) is 10.2 Å². The Labute approximate surface area is 196 Å². The average molecular weight is 488 g/mol. The van der Waals surface area contributed by atoms with Gasteiger partial charge in [-0.05, 0) is 37.0 Å². The predicted molar refractivity (Wildman–Crippen MR) is 121 cm³/mol. The van der Waals surface area contributed by atoms with Crippen LogP contribution in [0.15, 0.2) is 35.3 Å². The van der Waals surface area contributed by atoms with Crippen molar-refractivity contribution in [2.75, 3.05) is 12.4 Å². The van der Waals surface area contributed by atoms with Crippen molar-refractivity contribution < 1.29 is 22.7 Å².